The number of H-pyrrole nitrogens is 1. The van der Waals surface area contributed by atoms with E-state index in [2.05, 4.69) is 17.2 Å². The Hall–Kier alpha value is -0.680. The van der Waals surface area contributed by atoms with Crippen LogP contribution in [0.1, 0.15) is 43.2 Å². The lowest BCUT2D eigenvalue weighted by atomic mass is 9.86. The number of thiazole rings is 1. The van der Waals surface area contributed by atoms with Crippen LogP contribution in [0.3, 0.4) is 0 Å². The van der Waals surface area contributed by atoms with Crippen LogP contribution < -0.4 is 5.32 Å². The molecule has 1 aliphatic carbocycles. The Labute approximate surface area is 117 Å². The molecule has 0 aromatic carbocycles. The maximum absolute atomic E-state index is 12.0. The number of aromatic amines is 1. The van der Waals surface area contributed by atoms with Gasteiger partial charge in [-0.25, -0.2) is 0 Å². The van der Waals surface area contributed by atoms with Crippen LogP contribution in [0, 0.1) is 16.8 Å². The second-order valence-corrected chi connectivity index (χ2v) is 6.95. The van der Waals surface area contributed by atoms with Gasteiger partial charge in [0.2, 0.25) is 5.91 Å². The van der Waals surface area contributed by atoms with Crippen LogP contribution in [-0.2, 0) is 11.2 Å². The molecule has 0 radical (unpaired) electrons. The quantitative estimate of drug-likeness (QED) is 0.836. The first-order valence-electron chi connectivity index (χ1n) is 6.54. The summed E-state index contributed by atoms with van der Waals surface area (Å²) in [6, 6.07) is 0.360. The Morgan fingerprint density at radius 1 is 1.50 bits per heavy atom. The van der Waals surface area contributed by atoms with E-state index in [1.54, 1.807) is 0 Å². The Balaban J connectivity index is 1.92. The molecule has 0 bridgehead atoms. The van der Waals surface area contributed by atoms with Gasteiger partial charge in [-0.2, -0.15) is 0 Å². The summed E-state index contributed by atoms with van der Waals surface area (Å²) in [5, 5.41) is 3.17. The number of nitrogens with one attached hydrogen (secondary N) is 2. The topological polar surface area (TPSA) is 44.9 Å². The van der Waals surface area contributed by atoms with Crippen molar-refractivity contribution in [2.45, 2.75) is 52.0 Å². The third-order valence-corrected chi connectivity index (χ3v) is 5.04. The van der Waals surface area contributed by atoms with Crippen molar-refractivity contribution >= 4 is 29.5 Å². The number of rotatable bonds is 3. The molecule has 1 aromatic heterocycles. The fourth-order valence-corrected chi connectivity index (χ4v) is 3.83. The lowest BCUT2D eigenvalue weighted by Crippen LogP contribution is -2.41. The molecule has 18 heavy (non-hydrogen) atoms. The monoisotopic (exact) mass is 284 g/mol. The predicted octanol–water partition coefficient (Wildman–Crippen LogP) is 3.35. The van der Waals surface area contributed by atoms with Gasteiger partial charge in [-0.15, -0.1) is 11.3 Å². The Morgan fingerprint density at radius 2 is 2.22 bits per heavy atom. The first-order chi connectivity index (χ1) is 8.56. The molecule has 0 aliphatic heterocycles. The zero-order valence-electron chi connectivity index (χ0n) is 10.9. The van der Waals surface area contributed by atoms with Crippen molar-refractivity contribution < 1.29 is 4.79 Å². The summed E-state index contributed by atoms with van der Waals surface area (Å²) in [7, 11) is 0. The van der Waals surface area contributed by atoms with Crippen LogP contribution in [0.25, 0.3) is 0 Å². The van der Waals surface area contributed by atoms with Gasteiger partial charge in [0.05, 0.1) is 6.42 Å². The molecule has 2 atom stereocenters. The maximum Gasteiger partial charge on any atom is 0.225 e. The molecule has 1 saturated carbocycles. The average Bonchev–Trinajstić information content (AvgIpc) is 2.61. The minimum Gasteiger partial charge on any atom is -0.353 e. The normalized spacial score (nSPS) is 23.9. The molecular weight excluding hydrogens is 264 g/mol. The van der Waals surface area contributed by atoms with Crippen molar-refractivity contribution in [1.82, 2.24) is 10.3 Å². The van der Waals surface area contributed by atoms with Gasteiger partial charge in [-0.3, -0.25) is 4.79 Å². The van der Waals surface area contributed by atoms with Gasteiger partial charge in [-0.1, -0.05) is 19.8 Å². The van der Waals surface area contributed by atoms with Gasteiger partial charge in [-0.05, 0) is 37.9 Å². The molecule has 2 N–H and O–H groups in total. The van der Waals surface area contributed by atoms with Crippen LogP contribution in [-0.4, -0.2) is 16.9 Å². The molecule has 1 fully saturated rings. The van der Waals surface area contributed by atoms with E-state index in [1.807, 2.05) is 6.92 Å². The zero-order valence-corrected chi connectivity index (χ0v) is 12.5. The molecule has 0 saturated heterocycles. The summed E-state index contributed by atoms with van der Waals surface area (Å²) < 4.78 is 0.751. The molecule has 2 unspecified atom stereocenters. The zero-order chi connectivity index (χ0) is 13.1. The fraction of sp³-hybridized carbons (Fsp3) is 0.692. The summed E-state index contributed by atoms with van der Waals surface area (Å²) in [5.74, 6) is 0.732. The van der Waals surface area contributed by atoms with Crippen LogP contribution in [0.4, 0.5) is 0 Å². The number of aryl methyl sites for hydroxylation is 1. The van der Waals surface area contributed by atoms with Crippen molar-refractivity contribution in [1.29, 1.82) is 0 Å². The number of hydrogen-bond donors (Lipinski definition) is 2. The number of carbonyl (C=O) groups is 1. The second-order valence-electron chi connectivity index (χ2n) is 5.18. The number of aromatic nitrogens is 1. The lowest BCUT2D eigenvalue weighted by molar-refractivity contribution is -0.121. The van der Waals surface area contributed by atoms with E-state index in [0.717, 1.165) is 20.9 Å². The summed E-state index contributed by atoms with van der Waals surface area (Å²) in [6.07, 6.45) is 5.33. The van der Waals surface area contributed by atoms with E-state index in [4.69, 9.17) is 12.2 Å². The molecule has 2 rings (SSSR count). The van der Waals surface area contributed by atoms with E-state index in [0.29, 0.717) is 18.4 Å². The fourth-order valence-electron chi connectivity index (χ4n) is 2.54. The third-order valence-electron chi connectivity index (χ3n) is 3.70. The van der Waals surface area contributed by atoms with Crippen LogP contribution >= 0.6 is 23.6 Å². The highest BCUT2D eigenvalue weighted by Crippen LogP contribution is 2.24. The molecule has 100 valence electrons. The molecule has 3 nitrogen and oxygen atoms in total. The minimum atomic E-state index is 0.127. The molecule has 1 aromatic rings. The predicted molar refractivity (Wildman–Crippen MR) is 77.5 cm³/mol. The summed E-state index contributed by atoms with van der Waals surface area (Å²) in [4.78, 5) is 16.2. The van der Waals surface area contributed by atoms with Crippen LogP contribution in [0.5, 0.6) is 0 Å². The maximum atomic E-state index is 12.0. The van der Waals surface area contributed by atoms with E-state index < -0.39 is 0 Å². The number of hydrogen-bond acceptors (Lipinski definition) is 3. The van der Waals surface area contributed by atoms with Crippen molar-refractivity contribution in [3.63, 3.8) is 0 Å². The van der Waals surface area contributed by atoms with Crippen LogP contribution in [0.2, 0.25) is 0 Å². The van der Waals surface area contributed by atoms with Gasteiger partial charge in [0.25, 0.3) is 0 Å². The molecule has 1 aliphatic rings. The van der Waals surface area contributed by atoms with Gasteiger partial charge in [0, 0.05) is 16.6 Å². The molecule has 1 amide bonds. The SMILES string of the molecule is Cc1[nH]c(=S)sc1CC(=O)NC1CCCCC1C. The highest BCUT2D eigenvalue weighted by Gasteiger charge is 2.23. The number of carbonyl (C=O) groups excluding carboxylic acids is 1. The van der Waals surface area contributed by atoms with E-state index in [9.17, 15) is 4.79 Å². The summed E-state index contributed by atoms with van der Waals surface area (Å²) in [5.41, 5.74) is 1.02. The van der Waals surface area contributed by atoms with E-state index in [-0.39, 0.29) is 5.91 Å². The summed E-state index contributed by atoms with van der Waals surface area (Å²) in [6.45, 7) is 4.20. The van der Waals surface area contributed by atoms with Gasteiger partial charge >= 0.3 is 0 Å². The standard InChI is InChI=1S/C13H20N2OS2/c1-8-5-3-4-6-10(8)15-12(16)7-11-9(2)14-13(17)18-11/h8,10H,3-7H2,1-2H3,(H,14,17)(H,15,16). The Bertz CT molecular complexity index is 478. The van der Waals surface area contributed by atoms with Gasteiger partial charge < -0.3 is 10.3 Å². The van der Waals surface area contributed by atoms with Crippen molar-refractivity contribution in [3.8, 4) is 0 Å². The van der Waals surface area contributed by atoms with E-state index in [1.165, 1.54) is 30.6 Å². The Kier molecular flexibility index (Phi) is 4.56. The highest BCUT2D eigenvalue weighted by atomic mass is 32.1. The first kappa shape index (κ1) is 13.7. The minimum absolute atomic E-state index is 0.127. The molecule has 0 spiro atoms. The van der Waals surface area contributed by atoms with Gasteiger partial charge in [0.15, 0.2) is 3.95 Å². The number of amides is 1. The van der Waals surface area contributed by atoms with Crippen molar-refractivity contribution in [2.75, 3.05) is 0 Å². The smallest absolute Gasteiger partial charge is 0.225 e. The van der Waals surface area contributed by atoms with Crippen LogP contribution in [0.15, 0.2) is 0 Å². The molecule has 5 heteroatoms. The lowest BCUT2D eigenvalue weighted by Gasteiger charge is -2.29. The van der Waals surface area contributed by atoms with E-state index >= 15 is 0 Å². The Morgan fingerprint density at radius 3 is 2.83 bits per heavy atom. The third kappa shape index (κ3) is 3.42. The van der Waals surface area contributed by atoms with Gasteiger partial charge in [0.1, 0.15) is 0 Å². The van der Waals surface area contributed by atoms with Crippen molar-refractivity contribution in [2.24, 2.45) is 5.92 Å². The molecule has 1 heterocycles. The average molecular weight is 284 g/mol. The first-order valence-corrected chi connectivity index (χ1v) is 7.76. The summed E-state index contributed by atoms with van der Waals surface area (Å²) >= 11 is 6.59. The van der Waals surface area contributed by atoms with Crippen molar-refractivity contribution in [3.05, 3.63) is 14.5 Å². The largest absolute Gasteiger partial charge is 0.353 e. The highest BCUT2D eigenvalue weighted by molar-refractivity contribution is 7.73. The second kappa shape index (κ2) is 5.97. The molecular formula is C13H20N2OS2.